The number of hydrogen-bond donors (Lipinski definition) is 0. The van der Waals surface area contributed by atoms with Gasteiger partial charge in [0.15, 0.2) is 0 Å². The third-order valence-corrected chi connectivity index (χ3v) is 3.97. The molecule has 2 rings (SSSR count). The first-order chi connectivity index (χ1) is 5.72. The summed E-state index contributed by atoms with van der Waals surface area (Å²) in [6.45, 7) is 2.40. The predicted octanol–water partition coefficient (Wildman–Crippen LogP) is 3.89. The lowest BCUT2D eigenvalue weighted by Crippen LogP contribution is -2.31. The number of fused-ring (bicyclic) bond motifs is 1. The standard InChI is InChI=1S/C11H17Cl/c1-11-7-3-2-5-9(11)10(12)6-4-8-11/h5,10H,2-4,6-8H2,1H3/t10-,11+/m1/s1. The highest BCUT2D eigenvalue weighted by atomic mass is 35.5. The Bertz CT molecular complexity index is 207. The topological polar surface area (TPSA) is 0 Å². The maximum absolute atomic E-state index is 6.31. The van der Waals surface area contributed by atoms with Crippen molar-refractivity contribution in [3.8, 4) is 0 Å². The Kier molecular flexibility index (Phi) is 2.20. The van der Waals surface area contributed by atoms with Crippen LogP contribution in [0, 0.1) is 5.41 Å². The van der Waals surface area contributed by atoms with E-state index in [4.69, 9.17) is 11.6 Å². The van der Waals surface area contributed by atoms with E-state index in [9.17, 15) is 0 Å². The molecule has 0 radical (unpaired) electrons. The summed E-state index contributed by atoms with van der Waals surface area (Å²) in [6, 6.07) is 0. The van der Waals surface area contributed by atoms with Crippen LogP contribution in [0.1, 0.15) is 45.4 Å². The lowest BCUT2D eigenvalue weighted by atomic mass is 9.66. The van der Waals surface area contributed by atoms with Gasteiger partial charge in [-0.2, -0.15) is 0 Å². The summed E-state index contributed by atoms with van der Waals surface area (Å²) in [5.41, 5.74) is 2.03. The van der Waals surface area contributed by atoms with Gasteiger partial charge in [0.25, 0.3) is 0 Å². The molecular formula is C11H17Cl. The van der Waals surface area contributed by atoms with Crippen molar-refractivity contribution in [1.82, 2.24) is 0 Å². The van der Waals surface area contributed by atoms with Crippen molar-refractivity contribution in [1.29, 1.82) is 0 Å². The summed E-state index contributed by atoms with van der Waals surface area (Å²) in [7, 11) is 0. The molecule has 1 fully saturated rings. The van der Waals surface area contributed by atoms with Crippen molar-refractivity contribution in [2.45, 2.75) is 50.8 Å². The van der Waals surface area contributed by atoms with Crippen LogP contribution < -0.4 is 0 Å². The zero-order valence-electron chi connectivity index (χ0n) is 7.78. The minimum absolute atomic E-state index is 0.351. The van der Waals surface area contributed by atoms with Crippen LogP contribution in [0.4, 0.5) is 0 Å². The third-order valence-electron chi connectivity index (χ3n) is 3.52. The Morgan fingerprint density at radius 2 is 2.17 bits per heavy atom. The molecule has 0 unspecified atom stereocenters. The second kappa shape index (κ2) is 3.06. The van der Waals surface area contributed by atoms with Gasteiger partial charge in [0.2, 0.25) is 0 Å². The Labute approximate surface area is 80.0 Å². The Morgan fingerprint density at radius 1 is 1.42 bits per heavy atom. The van der Waals surface area contributed by atoms with Gasteiger partial charge in [-0.3, -0.25) is 0 Å². The molecule has 0 N–H and O–H groups in total. The van der Waals surface area contributed by atoms with Crippen LogP contribution in [0.5, 0.6) is 0 Å². The van der Waals surface area contributed by atoms with E-state index in [0.717, 1.165) is 0 Å². The van der Waals surface area contributed by atoms with Crippen LogP contribution in [-0.2, 0) is 0 Å². The number of alkyl halides is 1. The van der Waals surface area contributed by atoms with E-state index in [1.54, 1.807) is 5.57 Å². The molecule has 0 aliphatic heterocycles. The molecule has 2 atom stereocenters. The normalized spacial score (nSPS) is 41.8. The molecule has 0 nitrogen and oxygen atoms in total. The summed E-state index contributed by atoms with van der Waals surface area (Å²) >= 11 is 6.31. The van der Waals surface area contributed by atoms with E-state index in [1.807, 2.05) is 0 Å². The smallest absolute Gasteiger partial charge is 0.0550 e. The molecule has 1 heteroatoms. The van der Waals surface area contributed by atoms with Gasteiger partial charge in [-0.15, -0.1) is 11.6 Å². The number of rotatable bonds is 0. The van der Waals surface area contributed by atoms with Crippen molar-refractivity contribution >= 4 is 11.6 Å². The average molecular weight is 185 g/mol. The van der Waals surface area contributed by atoms with Gasteiger partial charge in [-0.25, -0.2) is 0 Å². The Balaban J connectivity index is 2.27. The molecule has 68 valence electrons. The molecule has 2 aliphatic carbocycles. The quantitative estimate of drug-likeness (QED) is 0.396. The fourth-order valence-electron chi connectivity index (χ4n) is 2.74. The van der Waals surface area contributed by atoms with E-state index in [1.165, 1.54) is 38.5 Å². The average Bonchev–Trinajstić information content (AvgIpc) is 2.04. The van der Waals surface area contributed by atoms with E-state index in [-0.39, 0.29) is 0 Å². The van der Waals surface area contributed by atoms with Gasteiger partial charge < -0.3 is 0 Å². The molecule has 2 aliphatic rings. The van der Waals surface area contributed by atoms with Crippen molar-refractivity contribution < 1.29 is 0 Å². The van der Waals surface area contributed by atoms with Crippen molar-refractivity contribution in [3.05, 3.63) is 11.6 Å². The van der Waals surface area contributed by atoms with Gasteiger partial charge in [0.05, 0.1) is 5.38 Å². The summed E-state index contributed by atoms with van der Waals surface area (Å²) < 4.78 is 0. The maximum atomic E-state index is 6.31. The lowest BCUT2D eigenvalue weighted by molar-refractivity contribution is 0.264. The molecule has 0 bridgehead atoms. The van der Waals surface area contributed by atoms with E-state index >= 15 is 0 Å². The van der Waals surface area contributed by atoms with Gasteiger partial charge in [0.1, 0.15) is 0 Å². The minimum Gasteiger partial charge on any atom is -0.118 e. The Hall–Kier alpha value is 0.0300. The highest BCUT2D eigenvalue weighted by molar-refractivity contribution is 6.22. The first-order valence-electron chi connectivity index (χ1n) is 5.07. The second-order valence-electron chi connectivity index (χ2n) is 4.47. The molecule has 0 amide bonds. The van der Waals surface area contributed by atoms with Crippen LogP contribution in [0.2, 0.25) is 0 Å². The van der Waals surface area contributed by atoms with Gasteiger partial charge in [0, 0.05) is 0 Å². The fourth-order valence-corrected chi connectivity index (χ4v) is 3.25. The van der Waals surface area contributed by atoms with Gasteiger partial charge in [-0.1, -0.05) is 25.0 Å². The first-order valence-corrected chi connectivity index (χ1v) is 5.51. The molecule has 12 heavy (non-hydrogen) atoms. The Morgan fingerprint density at radius 3 is 2.92 bits per heavy atom. The zero-order valence-corrected chi connectivity index (χ0v) is 8.53. The van der Waals surface area contributed by atoms with Crippen molar-refractivity contribution in [3.63, 3.8) is 0 Å². The molecule has 0 spiro atoms. The highest BCUT2D eigenvalue weighted by Crippen LogP contribution is 2.48. The van der Waals surface area contributed by atoms with Crippen LogP contribution in [-0.4, -0.2) is 5.38 Å². The molecule has 0 aromatic heterocycles. The number of allylic oxidation sites excluding steroid dienone is 2. The van der Waals surface area contributed by atoms with E-state index < -0.39 is 0 Å². The van der Waals surface area contributed by atoms with E-state index in [2.05, 4.69) is 13.0 Å². The molecule has 0 aromatic rings. The first kappa shape index (κ1) is 8.62. The van der Waals surface area contributed by atoms with Crippen LogP contribution in [0.3, 0.4) is 0 Å². The minimum atomic E-state index is 0.351. The molecule has 1 saturated carbocycles. The largest absolute Gasteiger partial charge is 0.118 e. The summed E-state index contributed by atoms with van der Waals surface area (Å²) in [4.78, 5) is 0. The van der Waals surface area contributed by atoms with Crippen LogP contribution in [0.25, 0.3) is 0 Å². The maximum Gasteiger partial charge on any atom is 0.0550 e. The van der Waals surface area contributed by atoms with E-state index in [0.29, 0.717) is 10.8 Å². The lowest BCUT2D eigenvalue weighted by Gasteiger charge is -2.41. The zero-order chi connectivity index (χ0) is 8.60. The monoisotopic (exact) mass is 184 g/mol. The fraction of sp³-hybridized carbons (Fsp3) is 0.818. The molecular weight excluding hydrogens is 168 g/mol. The molecule has 0 aromatic carbocycles. The van der Waals surface area contributed by atoms with Crippen LogP contribution in [0.15, 0.2) is 11.6 Å². The SMILES string of the molecule is C[C@@]12CCCC=C1[C@H](Cl)CCC2. The second-order valence-corrected chi connectivity index (χ2v) is 5.00. The van der Waals surface area contributed by atoms with Gasteiger partial charge >= 0.3 is 0 Å². The summed E-state index contributed by atoms with van der Waals surface area (Å²) in [5, 5.41) is 0.351. The number of halogens is 1. The molecule has 0 heterocycles. The van der Waals surface area contributed by atoms with Crippen molar-refractivity contribution in [2.24, 2.45) is 5.41 Å². The summed E-state index contributed by atoms with van der Waals surface area (Å²) in [6.07, 6.45) is 10.3. The summed E-state index contributed by atoms with van der Waals surface area (Å²) in [5.74, 6) is 0. The highest BCUT2D eigenvalue weighted by Gasteiger charge is 2.37. The van der Waals surface area contributed by atoms with Crippen molar-refractivity contribution in [2.75, 3.05) is 0 Å². The predicted molar refractivity (Wildman–Crippen MR) is 53.5 cm³/mol. The number of hydrogen-bond acceptors (Lipinski definition) is 0. The molecule has 0 saturated heterocycles. The third kappa shape index (κ3) is 1.31. The van der Waals surface area contributed by atoms with Crippen LogP contribution >= 0.6 is 11.6 Å². The van der Waals surface area contributed by atoms with Gasteiger partial charge in [-0.05, 0) is 37.5 Å².